The van der Waals surface area contributed by atoms with Crippen molar-refractivity contribution in [3.63, 3.8) is 0 Å². The Morgan fingerprint density at radius 2 is 1.68 bits per heavy atom. The van der Waals surface area contributed by atoms with Gasteiger partial charge in [0, 0.05) is 42.0 Å². The van der Waals surface area contributed by atoms with E-state index in [1.165, 1.54) is 16.8 Å². The van der Waals surface area contributed by atoms with Crippen LogP contribution in [0.3, 0.4) is 0 Å². The number of carbonyl (C=O) groups excluding carboxylic acids is 1. The molecule has 0 aliphatic carbocycles. The molecule has 1 heterocycles. The van der Waals surface area contributed by atoms with Crippen molar-refractivity contribution in [2.75, 3.05) is 42.9 Å². The second kappa shape index (κ2) is 8.02. The average molecular weight is 402 g/mol. The molecule has 1 amide bonds. The second-order valence-corrected chi connectivity index (χ2v) is 7.50. The third-order valence-corrected chi connectivity index (χ3v) is 5.25. The van der Waals surface area contributed by atoms with Crippen LogP contribution in [0.15, 0.2) is 46.9 Å². The van der Waals surface area contributed by atoms with E-state index in [0.29, 0.717) is 6.54 Å². The molecule has 0 aromatic heterocycles. The van der Waals surface area contributed by atoms with Gasteiger partial charge >= 0.3 is 0 Å². The molecule has 0 radical (unpaired) electrons. The number of hydrogen-bond donors (Lipinski definition) is 1. The van der Waals surface area contributed by atoms with Gasteiger partial charge in [-0.2, -0.15) is 0 Å². The predicted octanol–water partition coefficient (Wildman–Crippen LogP) is 3.83. The van der Waals surface area contributed by atoms with E-state index in [4.69, 9.17) is 0 Å². The summed E-state index contributed by atoms with van der Waals surface area (Å²) >= 11 is 3.40. The Hall–Kier alpha value is -1.85. The third kappa shape index (κ3) is 4.83. The summed E-state index contributed by atoms with van der Waals surface area (Å²) in [5.41, 5.74) is 4.77. The van der Waals surface area contributed by atoms with E-state index in [1.807, 2.05) is 24.3 Å². The smallest absolute Gasteiger partial charge is 0.238 e. The molecule has 1 fully saturated rings. The van der Waals surface area contributed by atoms with Crippen molar-refractivity contribution in [1.29, 1.82) is 0 Å². The number of anilines is 2. The number of aryl methyl sites for hydroxylation is 2. The van der Waals surface area contributed by atoms with Crippen LogP contribution in [0.2, 0.25) is 0 Å². The van der Waals surface area contributed by atoms with Crippen molar-refractivity contribution >= 4 is 33.2 Å². The molecule has 2 aromatic carbocycles. The maximum atomic E-state index is 12.2. The molecule has 1 N–H and O–H groups in total. The van der Waals surface area contributed by atoms with Crippen molar-refractivity contribution in [3.05, 3.63) is 58.1 Å². The lowest BCUT2D eigenvalue weighted by atomic mass is 10.1. The van der Waals surface area contributed by atoms with Gasteiger partial charge in [-0.25, -0.2) is 0 Å². The summed E-state index contributed by atoms with van der Waals surface area (Å²) < 4.78 is 1.01. The number of nitrogens with one attached hydrogen (secondary N) is 1. The highest BCUT2D eigenvalue weighted by Crippen LogP contribution is 2.20. The summed E-state index contributed by atoms with van der Waals surface area (Å²) in [4.78, 5) is 16.8. The van der Waals surface area contributed by atoms with Gasteiger partial charge in [0.1, 0.15) is 0 Å². The lowest BCUT2D eigenvalue weighted by Crippen LogP contribution is -2.48. The lowest BCUT2D eigenvalue weighted by molar-refractivity contribution is -0.117. The van der Waals surface area contributed by atoms with E-state index in [2.05, 4.69) is 63.1 Å². The van der Waals surface area contributed by atoms with E-state index >= 15 is 0 Å². The number of carbonyl (C=O) groups is 1. The van der Waals surface area contributed by atoms with Gasteiger partial charge in [0.25, 0.3) is 0 Å². The molecular weight excluding hydrogens is 378 g/mol. The quantitative estimate of drug-likeness (QED) is 0.845. The first-order valence-corrected chi connectivity index (χ1v) is 9.40. The summed E-state index contributed by atoms with van der Waals surface area (Å²) in [6.45, 7) is 8.45. The van der Waals surface area contributed by atoms with Crippen molar-refractivity contribution in [2.24, 2.45) is 0 Å². The van der Waals surface area contributed by atoms with E-state index in [-0.39, 0.29) is 5.91 Å². The molecule has 1 aliphatic heterocycles. The van der Waals surface area contributed by atoms with Crippen LogP contribution < -0.4 is 10.2 Å². The molecule has 0 saturated carbocycles. The maximum absolute atomic E-state index is 12.2. The molecular formula is C20H24BrN3O. The van der Waals surface area contributed by atoms with Crippen LogP contribution in [-0.2, 0) is 4.79 Å². The minimum atomic E-state index is 0.0435. The molecule has 0 atom stereocenters. The van der Waals surface area contributed by atoms with Crippen LogP contribution in [0.25, 0.3) is 0 Å². The van der Waals surface area contributed by atoms with Gasteiger partial charge in [-0.1, -0.05) is 22.0 Å². The van der Waals surface area contributed by atoms with Crippen LogP contribution in [0.4, 0.5) is 11.4 Å². The summed E-state index contributed by atoms with van der Waals surface area (Å²) in [7, 11) is 0. The summed E-state index contributed by atoms with van der Waals surface area (Å²) in [6, 6.07) is 14.3. The number of amides is 1. The Balaban J connectivity index is 1.49. The fourth-order valence-corrected chi connectivity index (χ4v) is 3.29. The highest BCUT2D eigenvalue weighted by atomic mass is 79.9. The second-order valence-electron chi connectivity index (χ2n) is 6.59. The van der Waals surface area contributed by atoms with Crippen LogP contribution >= 0.6 is 15.9 Å². The SMILES string of the molecule is Cc1ccc(N2CCN(CC(=O)Nc3ccc(Br)cc3)CC2)cc1C. The minimum Gasteiger partial charge on any atom is -0.369 e. The first kappa shape index (κ1) is 18.0. The Morgan fingerprint density at radius 3 is 2.32 bits per heavy atom. The van der Waals surface area contributed by atoms with Gasteiger partial charge in [0.05, 0.1) is 6.54 Å². The molecule has 0 bridgehead atoms. The maximum Gasteiger partial charge on any atom is 0.238 e. The summed E-state index contributed by atoms with van der Waals surface area (Å²) in [5.74, 6) is 0.0435. The average Bonchev–Trinajstić information content (AvgIpc) is 2.60. The van der Waals surface area contributed by atoms with E-state index in [0.717, 1.165) is 36.3 Å². The number of rotatable bonds is 4. The zero-order chi connectivity index (χ0) is 17.8. The van der Waals surface area contributed by atoms with Gasteiger partial charge in [0.15, 0.2) is 0 Å². The molecule has 0 spiro atoms. The van der Waals surface area contributed by atoms with Gasteiger partial charge in [-0.05, 0) is 61.4 Å². The number of nitrogens with zero attached hydrogens (tertiary/aromatic N) is 2. The van der Waals surface area contributed by atoms with Crippen molar-refractivity contribution in [3.8, 4) is 0 Å². The van der Waals surface area contributed by atoms with E-state index < -0.39 is 0 Å². The van der Waals surface area contributed by atoms with Gasteiger partial charge in [-0.15, -0.1) is 0 Å². The standard InChI is InChI=1S/C20H24BrN3O/c1-15-3-8-19(13-16(15)2)24-11-9-23(10-12-24)14-20(25)22-18-6-4-17(21)5-7-18/h3-8,13H,9-12,14H2,1-2H3,(H,22,25). The molecule has 1 saturated heterocycles. The van der Waals surface area contributed by atoms with Crippen LogP contribution in [-0.4, -0.2) is 43.5 Å². The Morgan fingerprint density at radius 1 is 1.00 bits per heavy atom. The Bertz CT molecular complexity index is 737. The topological polar surface area (TPSA) is 35.6 Å². The summed E-state index contributed by atoms with van der Waals surface area (Å²) in [5, 5.41) is 2.96. The van der Waals surface area contributed by atoms with E-state index in [9.17, 15) is 4.79 Å². The van der Waals surface area contributed by atoms with Crippen molar-refractivity contribution in [2.45, 2.75) is 13.8 Å². The molecule has 5 heteroatoms. The molecule has 1 aliphatic rings. The zero-order valence-corrected chi connectivity index (χ0v) is 16.3. The Kier molecular flexibility index (Phi) is 5.76. The first-order valence-electron chi connectivity index (χ1n) is 8.61. The predicted molar refractivity (Wildman–Crippen MR) is 107 cm³/mol. The van der Waals surface area contributed by atoms with Gasteiger partial charge in [-0.3, -0.25) is 9.69 Å². The fourth-order valence-electron chi connectivity index (χ4n) is 3.02. The zero-order valence-electron chi connectivity index (χ0n) is 14.8. The molecule has 0 unspecified atom stereocenters. The Labute approximate surface area is 158 Å². The molecule has 4 nitrogen and oxygen atoms in total. The number of hydrogen-bond acceptors (Lipinski definition) is 3. The van der Waals surface area contributed by atoms with E-state index in [1.54, 1.807) is 0 Å². The van der Waals surface area contributed by atoms with Crippen LogP contribution in [0, 0.1) is 13.8 Å². The molecule has 25 heavy (non-hydrogen) atoms. The number of piperazine rings is 1. The minimum absolute atomic E-state index is 0.0435. The van der Waals surface area contributed by atoms with Crippen LogP contribution in [0.1, 0.15) is 11.1 Å². The third-order valence-electron chi connectivity index (χ3n) is 4.72. The molecule has 3 rings (SSSR count). The lowest BCUT2D eigenvalue weighted by Gasteiger charge is -2.36. The first-order chi connectivity index (χ1) is 12.0. The van der Waals surface area contributed by atoms with Crippen molar-refractivity contribution in [1.82, 2.24) is 4.90 Å². The highest BCUT2D eigenvalue weighted by Gasteiger charge is 2.19. The normalized spacial score (nSPS) is 15.2. The fraction of sp³-hybridized carbons (Fsp3) is 0.350. The molecule has 2 aromatic rings. The van der Waals surface area contributed by atoms with Gasteiger partial charge in [0.2, 0.25) is 5.91 Å². The number of benzene rings is 2. The van der Waals surface area contributed by atoms with Gasteiger partial charge < -0.3 is 10.2 Å². The molecule has 132 valence electrons. The van der Waals surface area contributed by atoms with Crippen LogP contribution in [0.5, 0.6) is 0 Å². The van der Waals surface area contributed by atoms with Crippen molar-refractivity contribution < 1.29 is 4.79 Å². The summed E-state index contributed by atoms with van der Waals surface area (Å²) in [6.07, 6.45) is 0. The number of halogens is 1. The highest BCUT2D eigenvalue weighted by molar-refractivity contribution is 9.10. The largest absolute Gasteiger partial charge is 0.369 e. The monoisotopic (exact) mass is 401 g/mol.